The molecular formula is C10H21NO2. The highest BCUT2D eigenvalue weighted by molar-refractivity contribution is 5.69. The Morgan fingerprint density at radius 3 is 2.46 bits per heavy atom. The second kappa shape index (κ2) is 8.05. The predicted molar refractivity (Wildman–Crippen MR) is 53.6 cm³/mol. The van der Waals surface area contributed by atoms with Crippen molar-refractivity contribution in [2.75, 3.05) is 6.54 Å². The minimum atomic E-state index is -0.644. The van der Waals surface area contributed by atoms with Crippen LogP contribution in [0.2, 0.25) is 0 Å². The van der Waals surface area contributed by atoms with Gasteiger partial charge in [-0.1, -0.05) is 26.2 Å². The van der Waals surface area contributed by atoms with E-state index < -0.39 is 5.97 Å². The zero-order chi connectivity index (χ0) is 10.1. The number of unbranched alkanes of at least 4 members (excludes halogenated alkanes) is 2. The number of carbonyl (C=O) groups is 1. The summed E-state index contributed by atoms with van der Waals surface area (Å²) in [5.41, 5.74) is 5.35. The quantitative estimate of drug-likeness (QED) is 0.571. The lowest BCUT2D eigenvalue weighted by Crippen LogP contribution is -2.13. The van der Waals surface area contributed by atoms with Gasteiger partial charge in [-0.25, -0.2) is 0 Å². The van der Waals surface area contributed by atoms with Crippen molar-refractivity contribution < 1.29 is 9.90 Å². The van der Waals surface area contributed by atoms with Crippen LogP contribution in [0.3, 0.4) is 0 Å². The highest BCUT2D eigenvalue weighted by atomic mass is 16.4. The molecule has 0 aliphatic rings. The van der Waals surface area contributed by atoms with Crippen LogP contribution in [0.15, 0.2) is 0 Å². The van der Waals surface area contributed by atoms with E-state index in [1.807, 2.05) is 6.92 Å². The van der Waals surface area contributed by atoms with Gasteiger partial charge < -0.3 is 10.8 Å². The van der Waals surface area contributed by atoms with Gasteiger partial charge >= 0.3 is 5.97 Å². The first-order valence-electron chi connectivity index (χ1n) is 5.15. The van der Waals surface area contributed by atoms with Gasteiger partial charge in [-0.15, -0.1) is 0 Å². The molecule has 0 rings (SSSR count). The van der Waals surface area contributed by atoms with E-state index in [-0.39, 0.29) is 5.92 Å². The van der Waals surface area contributed by atoms with Crippen molar-refractivity contribution in [1.29, 1.82) is 0 Å². The number of carboxylic acid groups (broad SMARTS) is 1. The second-order valence-corrected chi connectivity index (χ2v) is 3.46. The molecule has 0 amide bonds. The Kier molecular flexibility index (Phi) is 7.69. The van der Waals surface area contributed by atoms with Gasteiger partial charge in [0.05, 0.1) is 5.92 Å². The van der Waals surface area contributed by atoms with E-state index >= 15 is 0 Å². The molecule has 78 valence electrons. The molecule has 3 N–H and O–H groups in total. The molecule has 0 saturated carbocycles. The Morgan fingerprint density at radius 2 is 2.00 bits per heavy atom. The van der Waals surface area contributed by atoms with E-state index in [0.717, 1.165) is 38.5 Å². The lowest BCUT2D eigenvalue weighted by molar-refractivity contribution is -0.142. The van der Waals surface area contributed by atoms with Gasteiger partial charge in [-0.3, -0.25) is 4.79 Å². The molecule has 3 heteroatoms. The number of carboxylic acids is 1. The summed E-state index contributed by atoms with van der Waals surface area (Å²) in [5, 5.41) is 8.84. The summed E-state index contributed by atoms with van der Waals surface area (Å²) in [6.45, 7) is 2.74. The molecule has 0 spiro atoms. The Morgan fingerprint density at radius 1 is 1.31 bits per heavy atom. The molecule has 0 fully saturated rings. The van der Waals surface area contributed by atoms with Crippen molar-refractivity contribution in [2.45, 2.75) is 45.4 Å². The average Bonchev–Trinajstić information content (AvgIpc) is 2.10. The first-order chi connectivity index (χ1) is 6.22. The standard InChI is InChI=1S/C10H21NO2/c1-2-6-9(10(12)13)7-4-3-5-8-11/h9H,2-8,11H2,1H3,(H,12,13). The highest BCUT2D eigenvalue weighted by Gasteiger charge is 2.14. The Hall–Kier alpha value is -0.570. The predicted octanol–water partition coefficient (Wildman–Crippen LogP) is 2.01. The van der Waals surface area contributed by atoms with Crippen LogP contribution in [0.25, 0.3) is 0 Å². The van der Waals surface area contributed by atoms with Crippen LogP contribution in [0.1, 0.15) is 45.4 Å². The normalized spacial score (nSPS) is 12.8. The SMILES string of the molecule is CCCC(CCCCCN)C(=O)O. The largest absolute Gasteiger partial charge is 0.481 e. The van der Waals surface area contributed by atoms with Gasteiger partial charge in [-0.05, 0) is 25.8 Å². The van der Waals surface area contributed by atoms with E-state index in [4.69, 9.17) is 10.8 Å². The third kappa shape index (κ3) is 6.58. The van der Waals surface area contributed by atoms with Crippen LogP contribution in [0.4, 0.5) is 0 Å². The van der Waals surface area contributed by atoms with Crippen molar-refractivity contribution in [3.8, 4) is 0 Å². The topological polar surface area (TPSA) is 63.3 Å². The maximum Gasteiger partial charge on any atom is 0.306 e. The van der Waals surface area contributed by atoms with Gasteiger partial charge in [0.25, 0.3) is 0 Å². The fourth-order valence-electron chi connectivity index (χ4n) is 1.45. The molecule has 13 heavy (non-hydrogen) atoms. The molecule has 0 aliphatic carbocycles. The van der Waals surface area contributed by atoms with Crippen molar-refractivity contribution in [3.63, 3.8) is 0 Å². The van der Waals surface area contributed by atoms with Crippen molar-refractivity contribution in [1.82, 2.24) is 0 Å². The molecule has 0 aromatic carbocycles. The van der Waals surface area contributed by atoms with Gasteiger partial charge in [0.1, 0.15) is 0 Å². The van der Waals surface area contributed by atoms with Gasteiger partial charge in [0, 0.05) is 0 Å². The van der Waals surface area contributed by atoms with Crippen LogP contribution in [0, 0.1) is 5.92 Å². The van der Waals surface area contributed by atoms with Crippen LogP contribution in [0.5, 0.6) is 0 Å². The molecule has 0 heterocycles. The Labute approximate surface area is 80.3 Å². The first kappa shape index (κ1) is 12.4. The van der Waals surface area contributed by atoms with E-state index in [1.54, 1.807) is 0 Å². The fourth-order valence-corrected chi connectivity index (χ4v) is 1.45. The number of aliphatic carboxylic acids is 1. The maximum absolute atomic E-state index is 10.7. The van der Waals surface area contributed by atoms with E-state index in [2.05, 4.69) is 0 Å². The number of hydrogen-bond acceptors (Lipinski definition) is 2. The molecule has 0 bridgehead atoms. The lowest BCUT2D eigenvalue weighted by Gasteiger charge is -2.09. The van der Waals surface area contributed by atoms with Crippen LogP contribution >= 0.6 is 0 Å². The molecular weight excluding hydrogens is 166 g/mol. The minimum absolute atomic E-state index is 0.136. The summed E-state index contributed by atoms with van der Waals surface area (Å²) in [5.74, 6) is -0.780. The summed E-state index contributed by atoms with van der Waals surface area (Å²) in [7, 11) is 0. The first-order valence-corrected chi connectivity index (χ1v) is 5.15. The zero-order valence-corrected chi connectivity index (χ0v) is 8.46. The number of nitrogens with two attached hydrogens (primary N) is 1. The second-order valence-electron chi connectivity index (χ2n) is 3.46. The van der Waals surface area contributed by atoms with Gasteiger partial charge in [-0.2, -0.15) is 0 Å². The number of rotatable bonds is 8. The third-order valence-electron chi connectivity index (χ3n) is 2.24. The van der Waals surface area contributed by atoms with E-state index in [0.29, 0.717) is 6.54 Å². The maximum atomic E-state index is 10.7. The summed E-state index contributed by atoms with van der Waals surface area (Å²) < 4.78 is 0. The lowest BCUT2D eigenvalue weighted by atomic mass is 9.97. The Balaban J connectivity index is 3.51. The van der Waals surface area contributed by atoms with Crippen LogP contribution in [-0.4, -0.2) is 17.6 Å². The fraction of sp³-hybridized carbons (Fsp3) is 0.900. The molecule has 1 atom stereocenters. The summed E-state index contributed by atoms with van der Waals surface area (Å²) >= 11 is 0. The molecule has 0 aromatic heterocycles. The highest BCUT2D eigenvalue weighted by Crippen LogP contribution is 2.15. The molecule has 0 saturated heterocycles. The molecule has 1 unspecified atom stereocenters. The van der Waals surface area contributed by atoms with E-state index in [9.17, 15) is 4.79 Å². The smallest absolute Gasteiger partial charge is 0.306 e. The molecule has 3 nitrogen and oxygen atoms in total. The Bertz CT molecular complexity index is 137. The summed E-state index contributed by atoms with van der Waals surface area (Å²) in [6, 6.07) is 0. The van der Waals surface area contributed by atoms with Crippen LogP contribution in [-0.2, 0) is 4.79 Å². The third-order valence-corrected chi connectivity index (χ3v) is 2.24. The van der Waals surface area contributed by atoms with E-state index in [1.165, 1.54) is 0 Å². The molecule has 0 aromatic rings. The molecule has 0 aliphatic heterocycles. The minimum Gasteiger partial charge on any atom is -0.481 e. The van der Waals surface area contributed by atoms with Gasteiger partial charge in [0.2, 0.25) is 0 Å². The van der Waals surface area contributed by atoms with Crippen molar-refractivity contribution >= 4 is 5.97 Å². The summed E-state index contributed by atoms with van der Waals surface area (Å²) in [6.07, 6.45) is 5.63. The van der Waals surface area contributed by atoms with Crippen molar-refractivity contribution in [2.24, 2.45) is 11.7 Å². The van der Waals surface area contributed by atoms with Crippen LogP contribution < -0.4 is 5.73 Å². The average molecular weight is 187 g/mol. The number of hydrogen-bond donors (Lipinski definition) is 2. The van der Waals surface area contributed by atoms with Gasteiger partial charge in [0.15, 0.2) is 0 Å². The monoisotopic (exact) mass is 187 g/mol. The molecule has 0 radical (unpaired) electrons. The summed E-state index contributed by atoms with van der Waals surface area (Å²) in [4.78, 5) is 10.7. The van der Waals surface area contributed by atoms with Crippen molar-refractivity contribution in [3.05, 3.63) is 0 Å². The zero-order valence-electron chi connectivity index (χ0n) is 8.46.